The highest BCUT2D eigenvalue weighted by Gasteiger charge is 2.22. The molecule has 1 unspecified atom stereocenters. The molecule has 33 heavy (non-hydrogen) atoms. The van der Waals surface area contributed by atoms with E-state index in [2.05, 4.69) is 10.4 Å². The molecule has 0 spiro atoms. The highest BCUT2D eigenvalue weighted by molar-refractivity contribution is 8.00. The van der Waals surface area contributed by atoms with Crippen LogP contribution in [0.5, 0.6) is 0 Å². The molecule has 1 atom stereocenters. The third kappa shape index (κ3) is 4.43. The van der Waals surface area contributed by atoms with Crippen LogP contribution in [0, 0.1) is 13.8 Å². The summed E-state index contributed by atoms with van der Waals surface area (Å²) in [5.41, 5.74) is 3.20. The molecule has 2 aromatic carbocycles. The van der Waals surface area contributed by atoms with Crippen molar-refractivity contribution >= 4 is 34.4 Å². The van der Waals surface area contributed by atoms with Gasteiger partial charge in [-0.2, -0.15) is 5.10 Å². The Labute approximate surface area is 196 Å². The number of amides is 1. The fraction of sp³-hybridized carbons (Fsp3) is 0.280. The number of nitrogens with one attached hydrogen (secondary N) is 1. The van der Waals surface area contributed by atoms with Crippen LogP contribution in [0.1, 0.15) is 37.9 Å². The van der Waals surface area contributed by atoms with Gasteiger partial charge in [0.1, 0.15) is 5.82 Å². The standard InChI is InChI=1S/C25H27N5O2S/c1-15(2)30-21(13-14-26-30)28-23(31)18(5)33-25-27-20-12-7-6-11-19(20)24(32)29(25)22-16(3)9-8-10-17(22)4/h6-15,18H,1-5H3,(H,28,31). The molecule has 4 aromatic rings. The van der Waals surface area contributed by atoms with Gasteiger partial charge in [0.25, 0.3) is 5.56 Å². The molecule has 0 saturated heterocycles. The van der Waals surface area contributed by atoms with Crippen LogP contribution >= 0.6 is 11.8 Å². The minimum Gasteiger partial charge on any atom is -0.310 e. The average molecular weight is 462 g/mol. The fourth-order valence-electron chi connectivity index (χ4n) is 3.81. The molecule has 0 aliphatic carbocycles. The molecule has 8 heteroatoms. The zero-order valence-electron chi connectivity index (χ0n) is 19.4. The highest BCUT2D eigenvalue weighted by atomic mass is 32.2. The molecular formula is C25H27N5O2S. The number of anilines is 1. The Morgan fingerprint density at radius 1 is 1.00 bits per heavy atom. The average Bonchev–Trinajstić information content (AvgIpc) is 3.24. The van der Waals surface area contributed by atoms with Gasteiger partial charge in [0.15, 0.2) is 5.16 Å². The van der Waals surface area contributed by atoms with Crippen LogP contribution in [-0.2, 0) is 4.79 Å². The minimum atomic E-state index is -0.496. The summed E-state index contributed by atoms with van der Waals surface area (Å²) in [6.45, 7) is 9.77. The van der Waals surface area contributed by atoms with Gasteiger partial charge in [-0.05, 0) is 57.9 Å². The van der Waals surface area contributed by atoms with E-state index in [0.29, 0.717) is 21.9 Å². The molecule has 170 valence electrons. The maximum Gasteiger partial charge on any atom is 0.266 e. The van der Waals surface area contributed by atoms with Gasteiger partial charge in [-0.3, -0.25) is 14.2 Å². The van der Waals surface area contributed by atoms with Crippen LogP contribution in [-0.4, -0.2) is 30.5 Å². The van der Waals surface area contributed by atoms with Gasteiger partial charge >= 0.3 is 0 Å². The summed E-state index contributed by atoms with van der Waals surface area (Å²) >= 11 is 1.27. The maximum absolute atomic E-state index is 13.6. The largest absolute Gasteiger partial charge is 0.310 e. The normalized spacial score (nSPS) is 12.3. The molecule has 0 radical (unpaired) electrons. The number of hydrogen-bond acceptors (Lipinski definition) is 5. The Balaban J connectivity index is 1.76. The monoisotopic (exact) mass is 461 g/mol. The van der Waals surface area contributed by atoms with Crippen molar-refractivity contribution in [2.45, 2.75) is 51.1 Å². The van der Waals surface area contributed by atoms with E-state index in [1.165, 1.54) is 11.8 Å². The first-order chi connectivity index (χ1) is 15.8. The summed E-state index contributed by atoms with van der Waals surface area (Å²) < 4.78 is 3.40. The van der Waals surface area contributed by atoms with E-state index in [9.17, 15) is 9.59 Å². The molecule has 2 aromatic heterocycles. The van der Waals surface area contributed by atoms with Crippen LogP contribution in [0.4, 0.5) is 5.82 Å². The van der Waals surface area contributed by atoms with E-state index in [0.717, 1.165) is 16.8 Å². The molecule has 0 bridgehead atoms. The first-order valence-corrected chi connectivity index (χ1v) is 11.7. The van der Waals surface area contributed by atoms with Crippen molar-refractivity contribution in [3.8, 4) is 5.69 Å². The van der Waals surface area contributed by atoms with Gasteiger partial charge in [0, 0.05) is 12.1 Å². The summed E-state index contributed by atoms with van der Waals surface area (Å²) in [6, 6.07) is 15.1. The van der Waals surface area contributed by atoms with Gasteiger partial charge in [0.05, 0.1) is 28.0 Å². The zero-order chi connectivity index (χ0) is 23.7. The van der Waals surface area contributed by atoms with Crippen LogP contribution < -0.4 is 10.9 Å². The maximum atomic E-state index is 13.6. The predicted molar refractivity (Wildman–Crippen MR) is 133 cm³/mol. The van der Waals surface area contributed by atoms with E-state index in [-0.39, 0.29) is 17.5 Å². The third-order valence-corrected chi connectivity index (χ3v) is 6.52. The number of rotatable bonds is 6. The molecular weight excluding hydrogens is 434 g/mol. The molecule has 0 aliphatic rings. The number of thioether (sulfide) groups is 1. The molecule has 0 aliphatic heterocycles. The zero-order valence-corrected chi connectivity index (χ0v) is 20.2. The van der Waals surface area contributed by atoms with Gasteiger partial charge in [-0.1, -0.05) is 42.1 Å². The number of nitrogens with zero attached hydrogens (tertiary/aromatic N) is 4. The minimum absolute atomic E-state index is 0.120. The SMILES string of the molecule is Cc1cccc(C)c1-n1c(SC(C)C(=O)Nc2ccnn2C(C)C)nc2ccccc2c1=O. The lowest BCUT2D eigenvalue weighted by Crippen LogP contribution is -2.27. The van der Waals surface area contributed by atoms with E-state index < -0.39 is 5.25 Å². The Hall–Kier alpha value is -3.39. The molecule has 0 fully saturated rings. The number of carbonyl (C=O) groups excluding carboxylic acids is 1. The number of benzene rings is 2. The summed E-state index contributed by atoms with van der Waals surface area (Å²) in [5, 5.41) is 7.75. The molecule has 4 rings (SSSR count). The molecule has 1 amide bonds. The van der Waals surface area contributed by atoms with E-state index >= 15 is 0 Å². The number of aryl methyl sites for hydroxylation is 2. The van der Waals surface area contributed by atoms with E-state index in [1.54, 1.807) is 27.6 Å². The summed E-state index contributed by atoms with van der Waals surface area (Å²) in [6.07, 6.45) is 1.66. The number of carbonyl (C=O) groups is 1. The van der Waals surface area contributed by atoms with Crippen LogP contribution in [0.3, 0.4) is 0 Å². The van der Waals surface area contributed by atoms with Crippen LogP contribution in [0.2, 0.25) is 0 Å². The first kappa shape index (κ1) is 22.8. The van der Waals surface area contributed by atoms with Crippen molar-refractivity contribution < 1.29 is 4.79 Å². The Bertz CT molecular complexity index is 1370. The second-order valence-electron chi connectivity index (χ2n) is 8.30. The van der Waals surface area contributed by atoms with Crippen LogP contribution in [0.15, 0.2) is 64.7 Å². The lowest BCUT2D eigenvalue weighted by Gasteiger charge is -2.19. The number of para-hydroxylation sites is 2. The van der Waals surface area contributed by atoms with E-state index in [1.807, 2.05) is 71.0 Å². The summed E-state index contributed by atoms with van der Waals surface area (Å²) in [5.74, 6) is 0.457. The Kier molecular flexibility index (Phi) is 6.37. The summed E-state index contributed by atoms with van der Waals surface area (Å²) in [4.78, 5) is 31.4. The van der Waals surface area contributed by atoms with Crippen LogP contribution in [0.25, 0.3) is 16.6 Å². The third-order valence-electron chi connectivity index (χ3n) is 5.47. The highest BCUT2D eigenvalue weighted by Crippen LogP contribution is 2.28. The summed E-state index contributed by atoms with van der Waals surface area (Å²) in [7, 11) is 0. The van der Waals surface area contributed by atoms with Crippen molar-refractivity contribution in [2.75, 3.05) is 5.32 Å². The Morgan fingerprint density at radius 2 is 1.70 bits per heavy atom. The molecule has 1 N–H and O–H groups in total. The van der Waals surface area contributed by atoms with Crippen molar-refractivity contribution in [1.29, 1.82) is 0 Å². The Morgan fingerprint density at radius 3 is 2.39 bits per heavy atom. The number of aromatic nitrogens is 4. The fourth-order valence-corrected chi connectivity index (χ4v) is 4.72. The molecule has 7 nitrogen and oxygen atoms in total. The second-order valence-corrected chi connectivity index (χ2v) is 9.60. The lowest BCUT2D eigenvalue weighted by molar-refractivity contribution is -0.115. The number of fused-ring (bicyclic) bond motifs is 1. The van der Waals surface area contributed by atoms with Gasteiger partial charge in [-0.15, -0.1) is 0 Å². The van der Waals surface area contributed by atoms with Gasteiger partial charge < -0.3 is 5.32 Å². The van der Waals surface area contributed by atoms with Crippen molar-refractivity contribution in [3.63, 3.8) is 0 Å². The first-order valence-electron chi connectivity index (χ1n) is 10.9. The quantitative estimate of drug-likeness (QED) is 0.326. The number of hydrogen-bond donors (Lipinski definition) is 1. The second kappa shape index (κ2) is 9.23. The van der Waals surface area contributed by atoms with Crippen molar-refractivity contribution in [1.82, 2.24) is 19.3 Å². The lowest BCUT2D eigenvalue weighted by atomic mass is 10.1. The smallest absolute Gasteiger partial charge is 0.266 e. The topological polar surface area (TPSA) is 81.8 Å². The van der Waals surface area contributed by atoms with Gasteiger partial charge in [-0.25, -0.2) is 9.67 Å². The molecule has 2 heterocycles. The van der Waals surface area contributed by atoms with Gasteiger partial charge in [0.2, 0.25) is 5.91 Å². The molecule has 0 saturated carbocycles. The van der Waals surface area contributed by atoms with Crippen molar-refractivity contribution in [2.24, 2.45) is 0 Å². The van der Waals surface area contributed by atoms with E-state index in [4.69, 9.17) is 4.98 Å². The predicted octanol–water partition coefficient (Wildman–Crippen LogP) is 4.90. The van der Waals surface area contributed by atoms with Crippen molar-refractivity contribution in [3.05, 3.63) is 76.2 Å².